The van der Waals surface area contributed by atoms with Gasteiger partial charge in [0, 0.05) is 41.9 Å². The predicted molar refractivity (Wildman–Crippen MR) is 160 cm³/mol. The molecule has 0 spiro atoms. The molecule has 218 valence electrons. The highest BCUT2D eigenvalue weighted by atomic mass is 16.6. The van der Waals surface area contributed by atoms with E-state index in [0.717, 1.165) is 22.3 Å². The number of nitrogens with zero attached hydrogens (tertiary/aromatic N) is 3. The Morgan fingerprint density at radius 2 is 1.47 bits per heavy atom. The summed E-state index contributed by atoms with van der Waals surface area (Å²) in [6.45, 7) is 6.92. The Balaban J connectivity index is 1.34. The first-order valence-corrected chi connectivity index (χ1v) is 13.5. The van der Waals surface area contributed by atoms with E-state index in [-0.39, 0.29) is 12.5 Å². The first-order chi connectivity index (χ1) is 20.6. The summed E-state index contributed by atoms with van der Waals surface area (Å²) in [5, 5.41) is 7.32. The lowest BCUT2D eigenvalue weighted by Gasteiger charge is -2.19. The van der Waals surface area contributed by atoms with Crippen molar-refractivity contribution in [3.63, 3.8) is 0 Å². The summed E-state index contributed by atoms with van der Waals surface area (Å²) in [6.07, 6.45) is 2.40. The molecule has 0 radical (unpaired) electrons. The van der Waals surface area contributed by atoms with Gasteiger partial charge in [-0.2, -0.15) is 0 Å². The Bertz CT molecular complexity index is 1790. The molecule has 3 amide bonds. The second-order valence-electron chi connectivity index (χ2n) is 10.8. The topological polar surface area (TPSA) is 148 Å². The minimum absolute atomic E-state index is 0.138. The Kier molecular flexibility index (Phi) is 8.15. The van der Waals surface area contributed by atoms with Gasteiger partial charge in [0.15, 0.2) is 5.76 Å². The number of hydrogen-bond acceptors (Lipinski definition) is 8. The first kappa shape index (κ1) is 28.9. The van der Waals surface area contributed by atoms with Crippen LogP contribution in [-0.2, 0) is 16.1 Å². The molecule has 11 heteroatoms. The van der Waals surface area contributed by atoms with Gasteiger partial charge in [-0.3, -0.25) is 20.0 Å². The number of amides is 3. The van der Waals surface area contributed by atoms with E-state index < -0.39 is 17.6 Å². The maximum Gasteiger partial charge on any atom is 0.426 e. The Morgan fingerprint density at radius 1 is 0.837 bits per heavy atom. The van der Waals surface area contributed by atoms with Crippen LogP contribution in [0.25, 0.3) is 44.5 Å². The van der Waals surface area contributed by atoms with Crippen LogP contribution in [0, 0.1) is 0 Å². The SMILES string of the molecule is CC(=O)NCc1cc(-c2ccc(-c3ccc(-c4cc(C(=O)NNC(=O)OC(C)(C)C)c5cnccc5n4)cc3)cc2)no1. The molecule has 43 heavy (non-hydrogen) atoms. The van der Waals surface area contributed by atoms with E-state index in [1.165, 1.54) is 6.92 Å². The summed E-state index contributed by atoms with van der Waals surface area (Å²) < 4.78 is 10.5. The Labute approximate surface area is 247 Å². The number of rotatable bonds is 6. The number of nitrogens with one attached hydrogen (secondary N) is 3. The van der Waals surface area contributed by atoms with Gasteiger partial charge in [-0.1, -0.05) is 53.7 Å². The summed E-state index contributed by atoms with van der Waals surface area (Å²) in [5.74, 6) is -0.0949. The highest BCUT2D eigenvalue weighted by Gasteiger charge is 2.19. The van der Waals surface area contributed by atoms with Crippen molar-refractivity contribution in [3.05, 3.63) is 90.4 Å². The second-order valence-corrected chi connectivity index (χ2v) is 10.8. The molecule has 11 nitrogen and oxygen atoms in total. The number of hydrogen-bond donors (Lipinski definition) is 3. The summed E-state index contributed by atoms with van der Waals surface area (Å²) >= 11 is 0. The molecule has 3 aromatic heterocycles. The fourth-order valence-electron chi connectivity index (χ4n) is 4.29. The number of pyridine rings is 2. The van der Waals surface area contributed by atoms with Crippen molar-refractivity contribution < 1.29 is 23.6 Å². The number of aromatic nitrogens is 3. The van der Waals surface area contributed by atoms with Crippen LogP contribution in [-0.4, -0.2) is 38.6 Å². The number of carbonyl (C=O) groups excluding carboxylic acids is 3. The Hall–Kier alpha value is -5.58. The molecule has 0 aliphatic heterocycles. The Morgan fingerprint density at radius 3 is 2.09 bits per heavy atom. The summed E-state index contributed by atoms with van der Waals surface area (Å²) in [5.41, 5.74) is 9.83. The molecule has 5 rings (SSSR count). The average Bonchev–Trinajstić information content (AvgIpc) is 3.47. The van der Waals surface area contributed by atoms with E-state index in [0.29, 0.717) is 33.6 Å². The van der Waals surface area contributed by atoms with E-state index >= 15 is 0 Å². The normalized spacial score (nSPS) is 11.2. The van der Waals surface area contributed by atoms with Gasteiger partial charge in [0.2, 0.25) is 5.91 Å². The molecule has 0 aliphatic carbocycles. The zero-order chi connectivity index (χ0) is 30.6. The molecule has 0 saturated carbocycles. The van der Waals surface area contributed by atoms with E-state index in [1.807, 2.05) is 48.5 Å². The molecule has 3 heterocycles. The van der Waals surface area contributed by atoms with Gasteiger partial charge in [0.05, 0.1) is 23.3 Å². The predicted octanol–water partition coefficient (Wildman–Crippen LogP) is 5.42. The van der Waals surface area contributed by atoms with Gasteiger partial charge in [0.25, 0.3) is 5.91 Å². The van der Waals surface area contributed by atoms with Crippen LogP contribution in [0.15, 0.2) is 83.6 Å². The lowest BCUT2D eigenvalue weighted by Crippen LogP contribution is -2.44. The summed E-state index contributed by atoms with van der Waals surface area (Å²) in [4.78, 5) is 45.1. The molecule has 3 N–H and O–H groups in total. The average molecular weight is 579 g/mol. The van der Waals surface area contributed by atoms with Crippen LogP contribution < -0.4 is 16.2 Å². The van der Waals surface area contributed by atoms with E-state index in [4.69, 9.17) is 14.2 Å². The zero-order valence-electron chi connectivity index (χ0n) is 24.1. The minimum atomic E-state index is -0.770. The number of ether oxygens (including phenoxy) is 1. The van der Waals surface area contributed by atoms with Crippen molar-refractivity contribution in [2.24, 2.45) is 0 Å². The van der Waals surface area contributed by atoms with E-state index in [9.17, 15) is 14.4 Å². The zero-order valence-corrected chi connectivity index (χ0v) is 24.1. The molecule has 2 aromatic carbocycles. The molecule has 0 fully saturated rings. The van der Waals surface area contributed by atoms with E-state index in [1.54, 1.807) is 51.4 Å². The van der Waals surface area contributed by atoms with Crippen molar-refractivity contribution in [1.29, 1.82) is 0 Å². The third-order valence-corrected chi connectivity index (χ3v) is 6.30. The molecule has 0 aliphatic rings. The molecule has 0 unspecified atom stereocenters. The van der Waals surface area contributed by atoms with Crippen molar-refractivity contribution in [1.82, 2.24) is 31.3 Å². The van der Waals surface area contributed by atoms with Crippen molar-refractivity contribution in [2.75, 3.05) is 0 Å². The van der Waals surface area contributed by atoms with Crippen molar-refractivity contribution >= 4 is 28.8 Å². The van der Waals surface area contributed by atoms with Crippen LogP contribution in [0.5, 0.6) is 0 Å². The lowest BCUT2D eigenvalue weighted by atomic mass is 9.99. The number of fused-ring (bicyclic) bond motifs is 1. The molecular weight excluding hydrogens is 548 g/mol. The molecule has 0 saturated heterocycles. The second kappa shape index (κ2) is 12.1. The summed E-state index contributed by atoms with van der Waals surface area (Å²) in [7, 11) is 0. The number of hydrazine groups is 1. The lowest BCUT2D eigenvalue weighted by molar-refractivity contribution is -0.119. The van der Waals surface area contributed by atoms with Crippen LogP contribution >= 0.6 is 0 Å². The fourth-order valence-corrected chi connectivity index (χ4v) is 4.29. The standard InChI is InChI=1S/C32H30N6O5/c1-19(39)34-17-24-15-29(38-43-24)23-11-7-21(8-12-23)20-5-9-22(10-6-20)28-16-25(26-18-33-14-13-27(26)35-28)30(40)36-37-31(41)42-32(2,3)4/h5-16,18H,17H2,1-4H3,(H,34,39)(H,36,40)(H,37,41). The molecule has 0 bridgehead atoms. The third-order valence-electron chi connectivity index (χ3n) is 6.30. The maximum absolute atomic E-state index is 13.1. The number of benzene rings is 2. The molecular formula is C32H30N6O5. The van der Waals surface area contributed by atoms with Gasteiger partial charge in [-0.05, 0) is 44.0 Å². The first-order valence-electron chi connectivity index (χ1n) is 13.5. The van der Waals surface area contributed by atoms with Crippen molar-refractivity contribution in [2.45, 2.75) is 39.8 Å². The largest absolute Gasteiger partial charge is 0.443 e. The van der Waals surface area contributed by atoms with Gasteiger partial charge in [-0.25, -0.2) is 15.2 Å². The third kappa shape index (κ3) is 7.20. The molecule has 0 atom stereocenters. The quantitative estimate of drug-likeness (QED) is 0.226. The fraction of sp³-hybridized carbons (Fsp3) is 0.188. The monoisotopic (exact) mass is 578 g/mol. The van der Waals surface area contributed by atoms with Crippen LogP contribution in [0.4, 0.5) is 4.79 Å². The van der Waals surface area contributed by atoms with Gasteiger partial charge >= 0.3 is 6.09 Å². The van der Waals surface area contributed by atoms with E-state index in [2.05, 4.69) is 26.3 Å². The summed E-state index contributed by atoms with van der Waals surface area (Å²) in [6, 6.07) is 20.9. The molecule has 5 aromatic rings. The van der Waals surface area contributed by atoms with Crippen LogP contribution in [0.1, 0.15) is 43.8 Å². The smallest absolute Gasteiger partial charge is 0.426 e. The van der Waals surface area contributed by atoms with Gasteiger partial charge in [0.1, 0.15) is 11.3 Å². The highest BCUT2D eigenvalue weighted by Crippen LogP contribution is 2.29. The van der Waals surface area contributed by atoms with Gasteiger partial charge in [-0.15, -0.1) is 0 Å². The van der Waals surface area contributed by atoms with Crippen molar-refractivity contribution in [3.8, 4) is 33.6 Å². The highest BCUT2D eigenvalue weighted by molar-refractivity contribution is 6.07. The van der Waals surface area contributed by atoms with Gasteiger partial charge < -0.3 is 14.6 Å². The minimum Gasteiger partial charge on any atom is -0.443 e. The van der Waals surface area contributed by atoms with Crippen LogP contribution in [0.3, 0.4) is 0 Å². The van der Waals surface area contributed by atoms with Crippen LogP contribution in [0.2, 0.25) is 0 Å². The maximum atomic E-state index is 13.1. The number of carbonyl (C=O) groups is 3.